The second kappa shape index (κ2) is 6.79. The Bertz CT molecular complexity index is 461. The molecule has 0 saturated heterocycles. The minimum atomic E-state index is -0.177. The van der Waals surface area contributed by atoms with Crippen LogP contribution in [0.2, 0.25) is 0 Å². The van der Waals surface area contributed by atoms with Gasteiger partial charge in [0.2, 0.25) is 0 Å². The molecular formula is C14H20N4O2. The Morgan fingerprint density at radius 2 is 2.15 bits per heavy atom. The molecule has 2 amide bonds. The highest BCUT2D eigenvalue weighted by Crippen LogP contribution is 2.03. The molecule has 2 heterocycles. The minimum Gasteiger partial charge on any atom is -0.469 e. The van der Waals surface area contributed by atoms with E-state index in [9.17, 15) is 4.79 Å². The van der Waals surface area contributed by atoms with E-state index in [1.165, 1.54) is 0 Å². The van der Waals surface area contributed by atoms with E-state index in [-0.39, 0.29) is 18.1 Å². The van der Waals surface area contributed by atoms with Crippen molar-refractivity contribution in [2.24, 2.45) is 0 Å². The molecule has 0 fully saturated rings. The van der Waals surface area contributed by atoms with Crippen LogP contribution in [-0.2, 0) is 13.0 Å². The van der Waals surface area contributed by atoms with Gasteiger partial charge in [0.25, 0.3) is 0 Å². The van der Waals surface area contributed by atoms with Gasteiger partial charge in [0.1, 0.15) is 5.76 Å². The topological polar surface area (TPSA) is 72.1 Å². The maximum absolute atomic E-state index is 11.8. The second-order valence-electron chi connectivity index (χ2n) is 4.93. The van der Waals surface area contributed by atoms with E-state index in [2.05, 4.69) is 15.7 Å². The van der Waals surface area contributed by atoms with Crippen LogP contribution in [0.1, 0.15) is 19.6 Å². The molecule has 2 aromatic heterocycles. The average molecular weight is 276 g/mol. The lowest BCUT2D eigenvalue weighted by Gasteiger charge is -2.17. The fourth-order valence-electron chi connectivity index (χ4n) is 2.01. The molecule has 0 bridgehead atoms. The number of amides is 2. The number of nitrogens with zero attached hydrogens (tertiary/aromatic N) is 2. The van der Waals surface area contributed by atoms with Gasteiger partial charge >= 0.3 is 6.03 Å². The summed E-state index contributed by atoms with van der Waals surface area (Å²) in [5, 5.41) is 9.88. The summed E-state index contributed by atoms with van der Waals surface area (Å²) in [5.74, 6) is 0.863. The zero-order valence-electron chi connectivity index (χ0n) is 11.7. The van der Waals surface area contributed by atoms with Crippen molar-refractivity contribution in [3.8, 4) is 0 Å². The second-order valence-corrected chi connectivity index (χ2v) is 4.93. The normalized spacial score (nSPS) is 13.7. The van der Waals surface area contributed by atoms with Crippen molar-refractivity contribution in [2.45, 2.75) is 38.9 Å². The lowest BCUT2D eigenvalue weighted by Crippen LogP contribution is -2.46. The Labute approximate surface area is 118 Å². The standard InChI is InChI=1S/C14H20N4O2/c1-11(9-13-5-3-8-20-13)16-14(19)17-12(2)10-18-7-4-6-15-18/h3-8,11-12H,9-10H2,1-2H3,(H2,16,17,19). The van der Waals surface area contributed by atoms with E-state index in [4.69, 9.17) is 4.42 Å². The Morgan fingerprint density at radius 1 is 1.35 bits per heavy atom. The monoisotopic (exact) mass is 276 g/mol. The van der Waals surface area contributed by atoms with E-state index >= 15 is 0 Å². The summed E-state index contributed by atoms with van der Waals surface area (Å²) >= 11 is 0. The van der Waals surface area contributed by atoms with Crippen LogP contribution in [0.4, 0.5) is 4.79 Å². The maximum Gasteiger partial charge on any atom is 0.315 e. The number of carbonyl (C=O) groups is 1. The molecule has 2 atom stereocenters. The van der Waals surface area contributed by atoms with Crippen molar-refractivity contribution in [2.75, 3.05) is 0 Å². The van der Waals surface area contributed by atoms with E-state index in [0.717, 1.165) is 5.76 Å². The first-order valence-corrected chi connectivity index (χ1v) is 6.70. The molecule has 2 N–H and O–H groups in total. The highest BCUT2D eigenvalue weighted by Gasteiger charge is 2.12. The first-order chi connectivity index (χ1) is 9.63. The molecule has 0 aliphatic carbocycles. The lowest BCUT2D eigenvalue weighted by atomic mass is 10.2. The summed E-state index contributed by atoms with van der Waals surface area (Å²) in [6, 6.07) is 5.44. The Morgan fingerprint density at radius 3 is 2.80 bits per heavy atom. The lowest BCUT2D eigenvalue weighted by molar-refractivity contribution is 0.232. The molecule has 0 saturated carbocycles. The Balaban J connectivity index is 1.71. The quantitative estimate of drug-likeness (QED) is 0.845. The molecule has 2 aromatic rings. The molecule has 0 aromatic carbocycles. The van der Waals surface area contributed by atoms with Crippen molar-refractivity contribution in [3.63, 3.8) is 0 Å². The van der Waals surface area contributed by atoms with Crippen molar-refractivity contribution >= 4 is 6.03 Å². The van der Waals surface area contributed by atoms with E-state index < -0.39 is 0 Å². The van der Waals surface area contributed by atoms with Crippen LogP contribution in [0.5, 0.6) is 0 Å². The van der Waals surface area contributed by atoms with E-state index in [1.54, 1.807) is 17.1 Å². The predicted molar refractivity (Wildman–Crippen MR) is 75.2 cm³/mol. The highest BCUT2D eigenvalue weighted by molar-refractivity contribution is 5.74. The van der Waals surface area contributed by atoms with E-state index in [0.29, 0.717) is 13.0 Å². The van der Waals surface area contributed by atoms with E-state index in [1.807, 2.05) is 38.2 Å². The molecule has 0 aliphatic rings. The van der Waals surface area contributed by atoms with Gasteiger partial charge in [0, 0.05) is 30.9 Å². The SMILES string of the molecule is CC(Cc1ccco1)NC(=O)NC(C)Cn1cccn1. The third kappa shape index (κ3) is 4.46. The van der Waals surface area contributed by atoms with Crippen LogP contribution < -0.4 is 10.6 Å². The molecule has 2 rings (SSSR count). The molecule has 108 valence electrons. The van der Waals surface area contributed by atoms with Gasteiger partial charge < -0.3 is 15.1 Å². The van der Waals surface area contributed by atoms with Gasteiger partial charge in [-0.15, -0.1) is 0 Å². The van der Waals surface area contributed by atoms with Gasteiger partial charge in [-0.1, -0.05) is 0 Å². The maximum atomic E-state index is 11.8. The molecule has 2 unspecified atom stereocenters. The van der Waals surface area contributed by atoms with Gasteiger partial charge in [-0.3, -0.25) is 4.68 Å². The number of furan rings is 1. The Kier molecular flexibility index (Phi) is 4.81. The van der Waals surface area contributed by atoms with Crippen LogP contribution in [0.25, 0.3) is 0 Å². The number of rotatable bonds is 6. The van der Waals surface area contributed by atoms with Crippen LogP contribution in [-0.4, -0.2) is 27.9 Å². The average Bonchev–Trinajstić information content (AvgIpc) is 3.01. The molecule has 0 radical (unpaired) electrons. The summed E-state index contributed by atoms with van der Waals surface area (Å²) in [6.07, 6.45) is 5.90. The minimum absolute atomic E-state index is 0.00529. The van der Waals surface area contributed by atoms with Crippen LogP contribution in [0, 0.1) is 0 Å². The van der Waals surface area contributed by atoms with Crippen LogP contribution in [0.3, 0.4) is 0 Å². The summed E-state index contributed by atoms with van der Waals surface area (Å²) in [4.78, 5) is 11.8. The van der Waals surface area contributed by atoms with Gasteiger partial charge in [0.15, 0.2) is 0 Å². The number of urea groups is 1. The summed E-state index contributed by atoms with van der Waals surface area (Å²) in [5.41, 5.74) is 0. The highest BCUT2D eigenvalue weighted by atomic mass is 16.3. The molecular weight excluding hydrogens is 256 g/mol. The van der Waals surface area contributed by atoms with Crippen molar-refractivity contribution in [3.05, 3.63) is 42.6 Å². The van der Waals surface area contributed by atoms with Crippen molar-refractivity contribution in [1.82, 2.24) is 20.4 Å². The summed E-state index contributed by atoms with van der Waals surface area (Å²) < 4.78 is 7.04. The Hall–Kier alpha value is -2.24. The fraction of sp³-hybridized carbons (Fsp3) is 0.429. The first kappa shape index (κ1) is 14.2. The number of hydrogen-bond acceptors (Lipinski definition) is 3. The fourth-order valence-corrected chi connectivity index (χ4v) is 2.01. The van der Waals surface area contributed by atoms with Crippen LogP contribution in [0.15, 0.2) is 41.3 Å². The zero-order valence-corrected chi connectivity index (χ0v) is 11.7. The molecule has 0 spiro atoms. The molecule has 20 heavy (non-hydrogen) atoms. The van der Waals surface area contributed by atoms with Gasteiger partial charge in [0.05, 0.1) is 12.8 Å². The molecule has 0 aliphatic heterocycles. The smallest absolute Gasteiger partial charge is 0.315 e. The predicted octanol–water partition coefficient (Wildman–Crippen LogP) is 1.79. The van der Waals surface area contributed by atoms with Crippen molar-refractivity contribution in [1.29, 1.82) is 0 Å². The van der Waals surface area contributed by atoms with Gasteiger partial charge in [-0.05, 0) is 32.0 Å². The number of hydrogen-bond donors (Lipinski definition) is 2. The third-order valence-corrected chi connectivity index (χ3v) is 2.86. The summed E-state index contributed by atoms with van der Waals surface area (Å²) in [6.45, 7) is 4.53. The van der Waals surface area contributed by atoms with Crippen molar-refractivity contribution < 1.29 is 9.21 Å². The largest absolute Gasteiger partial charge is 0.469 e. The van der Waals surface area contributed by atoms with Gasteiger partial charge in [-0.25, -0.2) is 4.79 Å². The number of aromatic nitrogens is 2. The summed E-state index contributed by atoms with van der Waals surface area (Å²) in [7, 11) is 0. The van der Waals surface area contributed by atoms with Gasteiger partial charge in [-0.2, -0.15) is 5.10 Å². The molecule has 6 heteroatoms. The molecule has 6 nitrogen and oxygen atoms in total. The number of carbonyl (C=O) groups excluding carboxylic acids is 1. The third-order valence-electron chi connectivity index (χ3n) is 2.86. The van der Waals surface area contributed by atoms with Crippen LogP contribution >= 0.6 is 0 Å². The zero-order chi connectivity index (χ0) is 14.4. The first-order valence-electron chi connectivity index (χ1n) is 6.70. The number of nitrogens with one attached hydrogen (secondary N) is 2.